The number of nitrogens with one attached hydrogen (secondary N) is 1. The number of sulfone groups is 1. The van der Waals surface area contributed by atoms with Crippen LogP contribution in [-0.2, 0) is 21.2 Å². The lowest BCUT2D eigenvalue weighted by Gasteiger charge is -2.29. The first-order valence-corrected chi connectivity index (χ1v) is 8.09. The number of hydrogen-bond donors (Lipinski definition) is 1. The molecule has 1 aliphatic rings. The van der Waals surface area contributed by atoms with Gasteiger partial charge in [-0.1, -0.05) is 30.3 Å². The molecule has 0 bridgehead atoms. The van der Waals surface area contributed by atoms with Crippen molar-refractivity contribution in [1.82, 2.24) is 5.32 Å². The highest BCUT2D eigenvalue weighted by Gasteiger charge is 2.28. The summed E-state index contributed by atoms with van der Waals surface area (Å²) in [5.41, 5.74) is 1.12. The third kappa shape index (κ3) is 3.80. The van der Waals surface area contributed by atoms with E-state index in [-0.39, 0.29) is 6.10 Å². The van der Waals surface area contributed by atoms with Crippen molar-refractivity contribution < 1.29 is 13.2 Å². The van der Waals surface area contributed by atoms with Gasteiger partial charge in [-0.05, 0) is 18.5 Å². The van der Waals surface area contributed by atoms with E-state index in [0.29, 0.717) is 19.6 Å². The van der Waals surface area contributed by atoms with E-state index in [9.17, 15) is 8.42 Å². The van der Waals surface area contributed by atoms with Crippen molar-refractivity contribution in [2.75, 3.05) is 12.8 Å². The van der Waals surface area contributed by atoms with Crippen LogP contribution in [0, 0.1) is 0 Å². The Labute approximate surface area is 108 Å². The summed E-state index contributed by atoms with van der Waals surface area (Å²) in [6, 6.07) is 9.93. The van der Waals surface area contributed by atoms with E-state index in [1.54, 1.807) is 0 Å². The summed E-state index contributed by atoms with van der Waals surface area (Å²) in [5.74, 6) is 0. The second kappa shape index (κ2) is 5.82. The molecule has 0 saturated carbocycles. The topological polar surface area (TPSA) is 55.4 Å². The molecule has 1 aromatic carbocycles. The van der Waals surface area contributed by atoms with Crippen LogP contribution in [0.2, 0.25) is 0 Å². The highest BCUT2D eigenvalue weighted by Crippen LogP contribution is 2.17. The molecule has 5 heteroatoms. The molecule has 1 aromatic rings. The largest absolute Gasteiger partial charge is 0.373 e. The Hall–Kier alpha value is -0.910. The van der Waals surface area contributed by atoms with Crippen molar-refractivity contribution in [3.8, 4) is 0 Å². The van der Waals surface area contributed by atoms with Crippen molar-refractivity contribution in [1.29, 1.82) is 0 Å². The van der Waals surface area contributed by atoms with E-state index in [2.05, 4.69) is 5.32 Å². The molecule has 4 nitrogen and oxygen atoms in total. The van der Waals surface area contributed by atoms with Gasteiger partial charge in [-0.3, -0.25) is 0 Å². The first-order chi connectivity index (χ1) is 8.55. The Morgan fingerprint density at radius 3 is 2.72 bits per heavy atom. The van der Waals surface area contributed by atoms with Gasteiger partial charge < -0.3 is 10.1 Å². The summed E-state index contributed by atoms with van der Waals surface area (Å²) in [5, 5.41) is 2.55. The summed E-state index contributed by atoms with van der Waals surface area (Å²) in [4.78, 5) is 0. The van der Waals surface area contributed by atoms with Crippen LogP contribution in [0.3, 0.4) is 0 Å². The van der Waals surface area contributed by atoms with Gasteiger partial charge in [0, 0.05) is 12.7 Å². The summed E-state index contributed by atoms with van der Waals surface area (Å²) in [7, 11) is -3.03. The molecule has 1 heterocycles. The molecule has 2 atom stereocenters. The van der Waals surface area contributed by atoms with Gasteiger partial charge in [0.1, 0.15) is 5.37 Å². The summed E-state index contributed by atoms with van der Waals surface area (Å²) in [6.07, 6.45) is 2.68. The Morgan fingerprint density at radius 2 is 2.06 bits per heavy atom. The molecule has 0 aromatic heterocycles. The second-order valence-electron chi connectivity index (χ2n) is 4.72. The minimum Gasteiger partial charge on any atom is -0.373 e. The maximum atomic E-state index is 11.5. The van der Waals surface area contributed by atoms with Gasteiger partial charge in [0.05, 0.1) is 12.7 Å². The Bertz CT molecular complexity index is 472. The van der Waals surface area contributed by atoms with Crippen LogP contribution < -0.4 is 5.32 Å². The number of benzene rings is 1. The standard InChI is InChI=1S/C13H19NO3S/c1-18(15,16)13-9-12(7-8-14-13)17-10-11-5-3-2-4-6-11/h2-6,12-14H,7-10H2,1H3. The lowest BCUT2D eigenvalue weighted by Crippen LogP contribution is -2.45. The Kier molecular flexibility index (Phi) is 4.37. The highest BCUT2D eigenvalue weighted by atomic mass is 32.2. The van der Waals surface area contributed by atoms with Crippen molar-refractivity contribution in [2.45, 2.75) is 30.9 Å². The van der Waals surface area contributed by atoms with Crippen molar-refractivity contribution in [2.24, 2.45) is 0 Å². The van der Waals surface area contributed by atoms with Crippen LogP contribution >= 0.6 is 0 Å². The average molecular weight is 269 g/mol. The molecule has 2 unspecified atom stereocenters. The maximum absolute atomic E-state index is 11.5. The number of rotatable bonds is 4. The SMILES string of the molecule is CS(=O)(=O)C1CC(OCc2ccccc2)CCN1. The van der Waals surface area contributed by atoms with Gasteiger partial charge in [0.15, 0.2) is 9.84 Å². The zero-order valence-corrected chi connectivity index (χ0v) is 11.3. The molecule has 0 aliphatic carbocycles. The molecule has 2 rings (SSSR count). The smallest absolute Gasteiger partial charge is 0.163 e. The molecule has 1 N–H and O–H groups in total. The van der Waals surface area contributed by atoms with E-state index >= 15 is 0 Å². The molecule has 100 valence electrons. The van der Waals surface area contributed by atoms with Crippen molar-refractivity contribution >= 4 is 9.84 Å². The Balaban J connectivity index is 1.87. The summed E-state index contributed by atoms with van der Waals surface area (Å²) < 4.78 is 28.8. The minimum absolute atomic E-state index is 0.0196. The minimum atomic E-state index is -3.03. The highest BCUT2D eigenvalue weighted by molar-refractivity contribution is 7.91. The third-order valence-electron chi connectivity index (χ3n) is 3.16. The molecule has 0 amide bonds. The molecule has 0 spiro atoms. The molecular weight excluding hydrogens is 250 g/mol. The fourth-order valence-corrected chi connectivity index (χ4v) is 3.10. The zero-order chi connectivity index (χ0) is 13.0. The lowest BCUT2D eigenvalue weighted by atomic mass is 10.1. The number of hydrogen-bond acceptors (Lipinski definition) is 4. The van der Waals surface area contributed by atoms with Crippen LogP contribution in [0.4, 0.5) is 0 Å². The van der Waals surface area contributed by atoms with Gasteiger partial charge in [-0.15, -0.1) is 0 Å². The van der Waals surface area contributed by atoms with E-state index in [1.807, 2.05) is 30.3 Å². The monoisotopic (exact) mass is 269 g/mol. The van der Waals surface area contributed by atoms with Gasteiger partial charge in [0.2, 0.25) is 0 Å². The molecule has 1 saturated heterocycles. The molecular formula is C13H19NO3S. The quantitative estimate of drug-likeness (QED) is 0.896. The van der Waals surface area contributed by atoms with Gasteiger partial charge >= 0.3 is 0 Å². The van der Waals surface area contributed by atoms with E-state index in [4.69, 9.17) is 4.74 Å². The fraction of sp³-hybridized carbons (Fsp3) is 0.538. The van der Waals surface area contributed by atoms with Gasteiger partial charge in [-0.25, -0.2) is 8.42 Å². The molecule has 18 heavy (non-hydrogen) atoms. The average Bonchev–Trinajstić information content (AvgIpc) is 2.37. The van der Waals surface area contributed by atoms with E-state index in [0.717, 1.165) is 12.0 Å². The van der Waals surface area contributed by atoms with Gasteiger partial charge in [-0.2, -0.15) is 0 Å². The summed E-state index contributed by atoms with van der Waals surface area (Å²) >= 11 is 0. The van der Waals surface area contributed by atoms with Crippen LogP contribution in [0.15, 0.2) is 30.3 Å². The maximum Gasteiger partial charge on any atom is 0.163 e. The van der Waals surface area contributed by atoms with Crippen LogP contribution in [0.1, 0.15) is 18.4 Å². The number of ether oxygens (including phenoxy) is 1. The predicted molar refractivity (Wildman–Crippen MR) is 70.9 cm³/mol. The fourth-order valence-electron chi connectivity index (χ4n) is 2.11. The van der Waals surface area contributed by atoms with E-state index < -0.39 is 15.2 Å². The van der Waals surface area contributed by atoms with E-state index in [1.165, 1.54) is 6.26 Å². The molecule has 1 aliphatic heterocycles. The zero-order valence-electron chi connectivity index (χ0n) is 10.5. The van der Waals surface area contributed by atoms with Crippen LogP contribution in [0.5, 0.6) is 0 Å². The Morgan fingerprint density at radius 1 is 1.33 bits per heavy atom. The molecule has 1 fully saturated rings. The van der Waals surface area contributed by atoms with Gasteiger partial charge in [0.25, 0.3) is 0 Å². The first kappa shape index (κ1) is 13.5. The third-order valence-corrected chi connectivity index (χ3v) is 4.55. The van der Waals surface area contributed by atoms with Crippen molar-refractivity contribution in [3.05, 3.63) is 35.9 Å². The second-order valence-corrected chi connectivity index (χ2v) is 6.94. The van der Waals surface area contributed by atoms with Crippen LogP contribution in [-0.4, -0.2) is 32.7 Å². The van der Waals surface area contributed by atoms with Crippen molar-refractivity contribution in [3.63, 3.8) is 0 Å². The molecule has 0 radical (unpaired) electrons. The predicted octanol–water partition coefficient (Wildman–Crippen LogP) is 1.33. The first-order valence-electron chi connectivity index (χ1n) is 6.13. The summed E-state index contributed by atoms with van der Waals surface area (Å²) in [6.45, 7) is 1.24. The lowest BCUT2D eigenvalue weighted by molar-refractivity contribution is 0.0177. The van der Waals surface area contributed by atoms with Crippen LogP contribution in [0.25, 0.3) is 0 Å². The normalized spacial score (nSPS) is 24.9. The number of piperidine rings is 1.